The minimum absolute atomic E-state index is 0. The maximum atomic E-state index is 13.8. The number of nitrogen functional groups attached to an aromatic ring is 2. The number of nitrogens with zero attached hydrogens (tertiary/aromatic N) is 3. The first-order valence-electron chi connectivity index (χ1n) is 18.9. The van der Waals surface area contributed by atoms with E-state index in [1.807, 2.05) is 0 Å². The van der Waals surface area contributed by atoms with Crippen LogP contribution < -0.4 is 32.7 Å². The highest BCUT2D eigenvalue weighted by Crippen LogP contribution is 2.52. The van der Waals surface area contributed by atoms with Gasteiger partial charge >= 0.3 is 6.01 Å². The zero-order chi connectivity index (χ0) is 46.1. The Morgan fingerprint density at radius 2 is 0.803 bits per heavy atom. The smallest absolute Gasteiger partial charge is 0.320 e. The van der Waals surface area contributed by atoms with Crippen LogP contribution in [0.1, 0.15) is 71.1 Å². The first-order valence-corrected chi connectivity index (χ1v) is 21.8. The molecule has 20 nitrogen and oxygen atoms in total. The third-order valence-corrected chi connectivity index (χ3v) is 12.2. The summed E-state index contributed by atoms with van der Waals surface area (Å²) >= 11 is 0. The van der Waals surface area contributed by atoms with Crippen molar-refractivity contribution in [3.63, 3.8) is 0 Å². The van der Waals surface area contributed by atoms with E-state index in [0.717, 1.165) is 12.1 Å². The summed E-state index contributed by atoms with van der Waals surface area (Å²) in [6.07, 6.45) is 0. The molecular formula is C44H35N9O11S2. The second-order valence-electron chi connectivity index (χ2n) is 14.5. The molecule has 22 heteroatoms. The third-order valence-electron chi connectivity index (χ3n) is 10.4. The van der Waals surface area contributed by atoms with Crippen molar-refractivity contribution in [1.29, 1.82) is 0 Å². The average Bonchev–Trinajstić information content (AvgIpc) is 3.25. The lowest BCUT2D eigenvalue weighted by Crippen LogP contribution is -2.25. The van der Waals surface area contributed by atoms with Crippen LogP contribution in [0.15, 0.2) is 119 Å². The zero-order valence-corrected chi connectivity index (χ0v) is 34.5. The van der Waals surface area contributed by atoms with Crippen LogP contribution in [0.2, 0.25) is 0 Å². The molecule has 0 aliphatic heterocycles. The van der Waals surface area contributed by atoms with Gasteiger partial charge < -0.3 is 51.5 Å². The SMILES string of the molecule is C.Nc1c(S(O)(O)O)cc(Nc2cccc(Nc3nc(O)nc(Nc4cccc(Nc5cc(S(=O)(=O)O)c(N)c6c5C(=O)c5ccccc5C6=O)c4)n3)c2)c2c1C(=O)c1ccccc1C2=O. The summed E-state index contributed by atoms with van der Waals surface area (Å²) < 4.78 is 65.5. The van der Waals surface area contributed by atoms with Gasteiger partial charge in [-0.2, -0.15) is 23.4 Å². The van der Waals surface area contributed by atoms with Crippen molar-refractivity contribution in [3.8, 4) is 6.01 Å². The number of benzene rings is 6. The molecule has 66 heavy (non-hydrogen) atoms. The first kappa shape index (κ1) is 44.4. The quantitative estimate of drug-likeness (QED) is 0.0461. The number of nitrogens with two attached hydrogens (primary N) is 2. The average molecular weight is 930 g/mol. The standard InChI is InChI=1S/C43H31N9O11S2.CH4/c44-35-29(64(58,59)60)17-27(31-33(35)39(55)25-13-3-1-11-23(25)37(31)53)46-19-7-5-9-21(15-19)48-41-50-42(52-43(57)51-41)49-22-10-6-8-20(16-22)47-28-18-30(65(61,62)63)36(45)34-32(28)38(54)24-12-2-4-14-26(24)40(34)56;/h1-18,46-47,58-60H,44-45H2,(H,61,62,63)(H3,48,49,50,51,52,57);1H4. The van der Waals surface area contributed by atoms with E-state index in [9.17, 15) is 50.9 Å². The van der Waals surface area contributed by atoms with Crippen LogP contribution >= 0.6 is 10.9 Å². The molecule has 0 spiro atoms. The van der Waals surface area contributed by atoms with Gasteiger partial charge in [-0.05, 0) is 48.5 Å². The summed E-state index contributed by atoms with van der Waals surface area (Å²) in [7, 11) is -9.44. The summed E-state index contributed by atoms with van der Waals surface area (Å²) in [6.45, 7) is 0. The Labute approximate surface area is 375 Å². The van der Waals surface area contributed by atoms with Crippen LogP contribution in [-0.4, -0.2) is 69.8 Å². The number of aromatic nitrogens is 3. The van der Waals surface area contributed by atoms with Crippen molar-refractivity contribution < 1.29 is 50.9 Å². The molecule has 2 aliphatic rings. The second kappa shape index (κ2) is 16.4. The lowest BCUT2D eigenvalue weighted by Gasteiger charge is -2.28. The Kier molecular flexibility index (Phi) is 11.0. The number of rotatable bonds is 10. The summed E-state index contributed by atoms with van der Waals surface area (Å²) in [5, 5.41) is 22.3. The van der Waals surface area contributed by atoms with Crippen LogP contribution in [0.4, 0.5) is 57.4 Å². The van der Waals surface area contributed by atoms with E-state index in [4.69, 9.17) is 11.5 Å². The van der Waals surface area contributed by atoms with Gasteiger partial charge in [0.1, 0.15) is 15.8 Å². The van der Waals surface area contributed by atoms with Crippen LogP contribution in [0.5, 0.6) is 6.01 Å². The van der Waals surface area contributed by atoms with Gasteiger partial charge in [-0.3, -0.25) is 23.7 Å². The summed E-state index contributed by atoms with van der Waals surface area (Å²) in [5.74, 6) is -2.86. The number of hydrogen-bond donors (Lipinski definition) is 11. The van der Waals surface area contributed by atoms with Gasteiger partial charge in [0.15, 0.2) is 23.1 Å². The molecule has 334 valence electrons. The molecule has 0 amide bonds. The van der Waals surface area contributed by atoms with Crippen LogP contribution in [0.25, 0.3) is 0 Å². The molecule has 0 unspecified atom stereocenters. The van der Waals surface area contributed by atoms with Gasteiger partial charge in [-0.15, -0.1) is 0 Å². The fraction of sp³-hybridized carbons (Fsp3) is 0.0227. The number of fused-ring (bicyclic) bond motifs is 4. The van der Waals surface area contributed by atoms with Crippen molar-refractivity contribution in [2.75, 3.05) is 32.7 Å². The number of carbonyl (C=O) groups excluding carboxylic acids is 4. The minimum atomic E-state index is -4.97. The third kappa shape index (κ3) is 7.87. The largest absolute Gasteiger partial charge is 0.479 e. The Morgan fingerprint density at radius 1 is 0.455 bits per heavy atom. The van der Waals surface area contributed by atoms with Gasteiger partial charge in [0.2, 0.25) is 11.9 Å². The van der Waals surface area contributed by atoms with Crippen LogP contribution in [-0.2, 0) is 10.1 Å². The first-order chi connectivity index (χ1) is 30.9. The van der Waals surface area contributed by atoms with Crippen molar-refractivity contribution >= 4 is 102 Å². The molecule has 9 rings (SSSR count). The molecule has 2 aliphatic carbocycles. The fourth-order valence-electron chi connectivity index (χ4n) is 7.62. The lowest BCUT2D eigenvalue weighted by molar-refractivity contribution is 0.0980. The Bertz CT molecular complexity index is 3380. The maximum Gasteiger partial charge on any atom is 0.320 e. The lowest BCUT2D eigenvalue weighted by atomic mass is 9.82. The maximum absolute atomic E-state index is 13.8. The van der Waals surface area contributed by atoms with Gasteiger partial charge in [-0.1, -0.05) is 68.1 Å². The molecule has 1 aromatic heterocycles. The van der Waals surface area contributed by atoms with Gasteiger partial charge in [-0.25, -0.2) is 0 Å². The number of nitrogens with one attached hydrogen (secondary N) is 4. The molecule has 0 fully saturated rings. The second-order valence-corrected chi connectivity index (χ2v) is 17.4. The molecule has 1 heterocycles. The summed E-state index contributed by atoms with van der Waals surface area (Å²) in [6, 6.07) is 25.9. The fourth-order valence-corrected chi connectivity index (χ4v) is 8.94. The summed E-state index contributed by atoms with van der Waals surface area (Å²) in [4.78, 5) is 65.6. The summed E-state index contributed by atoms with van der Waals surface area (Å²) in [5.41, 5.74) is 11.4. The number of hydrogen-bond acceptors (Lipinski definition) is 19. The molecule has 0 saturated carbocycles. The van der Waals surface area contributed by atoms with E-state index >= 15 is 0 Å². The van der Waals surface area contributed by atoms with E-state index in [-0.39, 0.29) is 80.9 Å². The predicted octanol–water partition coefficient (Wildman–Crippen LogP) is 7.73. The molecule has 0 saturated heterocycles. The van der Waals surface area contributed by atoms with Crippen molar-refractivity contribution in [2.24, 2.45) is 0 Å². The molecule has 13 N–H and O–H groups in total. The van der Waals surface area contributed by atoms with E-state index in [1.54, 1.807) is 54.6 Å². The molecular weight excluding hydrogens is 895 g/mol. The highest BCUT2D eigenvalue weighted by Gasteiger charge is 2.38. The van der Waals surface area contributed by atoms with Gasteiger partial charge in [0, 0.05) is 45.0 Å². The highest BCUT2D eigenvalue weighted by atomic mass is 32.3. The van der Waals surface area contributed by atoms with E-state index < -0.39 is 71.3 Å². The number of aromatic hydroxyl groups is 1. The Balaban J connectivity index is 0.00000592. The molecule has 6 aromatic carbocycles. The van der Waals surface area contributed by atoms with Gasteiger partial charge in [0.05, 0.1) is 49.9 Å². The van der Waals surface area contributed by atoms with Crippen molar-refractivity contribution in [3.05, 3.63) is 154 Å². The van der Waals surface area contributed by atoms with Crippen LogP contribution in [0, 0.1) is 0 Å². The minimum Gasteiger partial charge on any atom is -0.479 e. The van der Waals surface area contributed by atoms with Crippen LogP contribution in [0.3, 0.4) is 0 Å². The Morgan fingerprint density at radius 3 is 1.18 bits per heavy atom. The molecule has 0 radical (unpaired) electrons. The highest BCUT2D eigenvalue weighted by molar-refractivity contribution is 8.19. The van der Waals surface area contributed by atoms with Crippen molar-refractivity contribution in [1.82, 2.24) is 15.0 Å². The van der Waals surface area contributed by atoms with E-state index in [1.165, 1.54) is 42.5 Å². The normalized spacial score (nSPS) is 13.1. The van der Waals surface area contributed by atoms with E-state index in [0.29, 0.717) is 17.1 Å². The molecule has 7 aromatic rings. The van der Waals surface area contributed by atoms with Gasteiger partial charge in [0.25, 0.3) is 10.1 Å². The Hall–Kier alpha value is -8.25. The topological polar surface area (TPSA) is 342 Å². The zero-order valence-electron chi connectivity index (χ0n) is 32.9. The number of carbonyl (C=O) groups is 4. The monoisotopic (exact) mass is 929 g/mol. The molecule has 0 atom stereocenters. The molecule has 0 bridgehead atoms. The van der Waals surface area contributed by atoms with Crippen molar-refractivity contribution in [2.45, 2.75) is 17.2 Å². The number of ketones is 4. The predicted molar refractivity (Wildman–Crippen MR) is 246 cm³/mol. The van der Waals surface area contributed by atoms with E-state index in [2.05, 4.69) is 36.2 Å². The number of anilines is 10.